The van der Waals surface area contributed by atoms with Crippen LogP contribution >= 0.6 is 23.2 Å². The van der Waals surface area contributed by atoms with Gasteiger partial charge in [0.2, 0.25) is 0 Å². The van der Waals surface area contributed by atoms with Crippen LogP contribution in [0.25, 0.3) is 10.9 Å². The Morgan fingerprint density at radius 3 is 2.48 bits per heavy atom. The predicted octanol–water partition coefficient (Wildman–Crippen LogP) is 3.03. The zero-order valence-electron chi connectivity index (χ0n) is 13.0. The fraction of sp³-hybridized carbons (Fsp3) is 0.118. The maximum atomic E-state index is 12.2. The molecule has 0 aliphatic rings. The minimum Gasteiger partial charge on any atom is -0.350 e. The first-order valence-corrected chi connectivity index (χ1v) is 8.26. The normalized spacial score (nSPS) is 10.6. The third-order valence-corrected chi connectivity index (χ3v) is 4.11. The standard InChI is InChI=1S/C17H14Cl2N4O2/c18-10-5-6-11(13(19)9-10)16(24)20-7-8-21-17(25)15-12-3-1-2-4-14(12)22-23-15/h1-6,9H,7-8H2,(H,20,24)(H,21,25)(H,22,23). The highest BCUT2D eigenvalue weighted by molar-refractivity contribution is 6.36. The van der Waals surface area contributed by atoms with E-state index in [9.17, 15) is 9.59 Å². The van der Waals surface area contributed by atoms with Gasteiger partial charge in [0, 0.05) is 23.5 Å². The largest absolute Gasteiger partial charge is 0.350 e. The first kappa shape index (κ1) is 17.3. The summed E-state index contributed by atoms with van der Waals surface area (Å²) in [6.45, 7) is 0.517. The van der Waals surface area contributed by atoms with Crippen molar-refractivity contribution in [3.8, 4) is 0 Å². The lowest BCUT2D eigenvalue weighted by atomic mass is 10.2. The summed E-state index contributed by atoms with van der Waals surface area (Å²) in [5, 5.41) is 13.7. The van der Waals surface area contributed by atoms with Crippen LogP contribution in [0.3, 0.4) is 0 Å². The number of aromatic nitrogens is 2. The molecule has 1 aromatic heterocycles. The van der Waals surface area contributed by atoms with Crippen molar-refractivity contribution < 1.29 is 9.59 Å². The Labute approximate surface area is 153 Å². The van der Waals surface area contributed by atoms with Crippen LogP contribution in [0.1, 0.15) is 20.8 Å². The minimum atomic E-state index is -0.332. The summed E-state index contributed by atoms with van der Waals surface area (Å²) >= 11 is 11.8. The molecule has 25 heavy (non-hydrogen) atoms. The second-order valence-corrected chi connectivity index (χ2v) is 6.10. The van der Waals surface area contributed by atoms with Crippen LogP contribution in [0.15, 0.2) is 42.5 Å². The molecule has 0 saturated carbocycles. The molecule has 128 valence electrons. The molecule has 0 spiro atoms. The molecule has 0 atom stereocenters. The van der Waals surface area contributed by atoms with Crippen molar-refractivity contribution in [2.45, 2.75) is 0 Å². The number of rotatable bonds is 5. The molecule has 3 N–H and O–H groups in total. The van der Waals surface area contributed by atoms with Gasteiger partial charge in [0.15, 0.2) is 5.69 Å². The number of benzene rings is 2. The highest BCUT2D eigenvalue weighted by atomic mass is 35.5. The number of carbonyl (C=O) groups is 2. The van der Waals surface area contributed by atoms with E-state index in [1.54, 1.807) is 12.1 Å². The van der Waals surface area contributed by atoms with E-state index in [0.717, 1.165) is 10.9 Å². The molecular formula is C17H14Cl2N4O2. The Hall–Kier alpha value is -2.57. The molecular weight excluding hydrogens is 363 g/mol. The molecule has 6 nitrogen and oxygen atoms in total. The highest BCUT2D eigenvalue weighted by Crippen LogP contribution is 2.20. The molecule has 0 aliphatic carbocycles. The lowest BCUT2D eigenvalue weighted by Crippen LogP contribution is -2.35. The molecule has 0 aliphatic heterocycles. The van der Waals surface area contributed by atoms with Crippen molar-refractivity contribution in [2.24, 2.45) is 0 Å². The van der Waals surface area contributed by atoms with Crippen LogP contribution < -0.4 is 10.6 Å². The number of hydrogen-bond acceptors (Lipinski definition) is 3. The van der Waals surface area contributed by atoms with E-state index in [1.807, 2.05) is 24.3 Å². The van der Waals surface area contributed by atoms with Gasteiger partial charge in [0.25, 0.3) is 11.8 Å². The summed E-state index contributed by atoms with van der Waals surface area (Å²) in [6, 6.07) is 12.0. The van der Waals surface area contributed by atoms with Gasteiger partial charge >= 0.3 is 0 Å². The van der Waals surface area contributed by atoms with Crippen LogP contribution in [-0.4, -0.2) is 35.1 Å². The SMILES string of the molecule is O=C(NCCNC(=O)c1n[nH]c2ccccc12)c1ccc(Cl)cc1Cl. The lowest BCUT2D eigenvalue weighted by Gasteiger charge is -2.08. The maximum absolute atomic E-state index is 12.2. The van der Waals surface area contributed by atoms with Gasteiger partial charge in [-0.05, 0) is 24.3 Å². The van der Waals surface area contributed by atoms with Gasteiger partial charge in [-0.15, -0.1) is 0 Å². The van der Waals surface area contributed by atoms with Gasteiger partial charge in [0.05, 0.1) is 16.1 Å². The van der Waals surface area contributed by atoms with Crippen molar-refractivity contribution in [1.29, 1.82) is 0 Å². The molecule has 0 fully saturated rings. The Balaban J connectivity index is 1.53. The number of H-pyrrole nitrogens is 1. The number of fused-ring (bicyclic) bond motifs is 1. The molecule has 2 aromatic carbocycles. The fourth-order valence-electron chi connectivity index (χ4n) is 2.34. The number of nitrogens with zero attached hydrogens (tertiary/aromatic N) is 1. The zero-order valence-corrected chi connectivity index (χ0v) is 14.5. The summed E-state index contributed by atoms with van der Waals surface area (Å²) in [4.78, 5) is 24.2. The molecule has 0 unspecified atom stereocenters. The van der Waals surface area contributed by atoms with Crippen LogP contribution in [-0.2, 0) is 0 Å². The van der Waals surface area contributed by atoms with Crippen molar-refractivity contribution in [3.63, 3.8) is 0 Å². The third-order valence-electron chi connectivity index (χ3n) is 3.56. The van der Waals surface area contributed by atoms with Gasteiger partial charge in [-0.25, -0.2) is 0 Å². The molecule has 1 heterocycles. The Kier molecular flexibility index (Phi) is 5.21. The van der Waals surface area contributed by atoms with E-state index in [1.165, 1.54) is 6.07 Å². The van der Waals surface area contributed by atoms with E-state index in [2.05, 4.69) is 20.8 Å². The van der Waals surface area contributed by atoms with E-state index < -0.39 is 0 Å². The van der Waals surface area contributed by atoms with Gasteiger partial charge in [-0.2, -0.15) is 5.10 Å². The average molecular weight is 377 g/mol. The van der Waals surface area contributed by atoms with E-state index >= 15 is 0 Å². The van der Waals surface area contributed by atoms with Gasteiger partial charge in [-0.3, -0.25) is 14.7 Å². The van der Waals surface area contributed by atoms with Gasteiger partial charge in [0.1, 0.15) is 0 Å². The number of amides is 2. The number of hydrogen-bond donors (Lipinski definition) is 3. The van der Waals surface area contributed by atoms with Crippen LogP contribution in [0.2, 0.25) is 10.0 Å². The first-order chi connectivity index (χ1) is 12.1. The predicted molar refractivity (Wildman–Crippen MR) is 97.2 cm³/mol. The smallest absolute Gasteiger partial charge is 0.272 e. The van der Waals surface area contributed by atoms with Gasteiger partial charge < -0.3 is 10.6 Å². The average Bonchev–Trinajstić information content (AvgIpc) is 3.02. The molecule has 3 rings (SSSR count). The summed E-state index contributed by atoms with van der Waals surface area (Å²) in [5.74, 6) is -0.641. The van der Waals surface area contributed by atoms with Crippen molar-refractivity contribution >= 4 is 45.9 Å². The quantitative estimate of drug-likeness (QED) is 0.598. The minimum absolute atomic E-state index is 0.256. The van der Waals surface area contributed by atoms with Crippen molar-refractivity contribution in [1.82, 2.24) is 20.8 Å². The topological polar surface area (TPSA) is 86.9 Å². The molecule has 8 heteroatoms. The number of carbonyl (C=O) groups excluding carboxylic acids is 2. The Morgan fingerprint density at radius 2 is 1.72 bits per heavy atom. The summed E-state index contributed by atoms with van der Waals surface area (Å²) in [7, 11) is 0. The highest BCUT2D eigenvalue weighted by Gasteiger charge is 2.14. The van der Waals surface area contributed by atoms with Crippen molar-refractivity contribution in [2.75, 3.05) is 13.1 Å². The second kappa shape index (κ2) is 7.55. The lowest BCUT2D eigenvalue weighted by molar-refractivity contribution is 0.0926. The maximum Gasteiger partial charge on any atom is 0.272 e. The zero-order chi connectivity index (χ0) is 17.8. The van der Waals surface area contributed by atoms with Crippen LogP contribution in [0.4, 0.5) is 0 Å². The number of para-hydroxylation sites is 1. The van der Waals surface area contributed by atoms with Crippen LogP contribution in [0, 0.1) is 0 Å². The molecule has 3 aromatic rings. The van der Waals surface area contributed by atoms with Crippen molar-refractivity contribution in [3.05, 3.63) is 63.8 Å². The molecule has 2 amide bonds. The number of halogens is 2. The van der Waals surface area contributed by atoms with E-state index in [-0.39, 0.29) is 29.9 Å². The number of nitrogens with one attached hydrogen (secondary N) is 3. The summed E-state index contributed by atoms with van der Waals surface area (Å²) in [6.07, 6.45) is 0. The summed E-state index contributed by atoms with van der Waals surface area (Å²) < 4.78 is 0. The second-order valence-electron chi connectivity index (χ2n) is 5.25. The van der Waals surface area contributed by atoms with E-state index in [0.29, 0.717) is 16.3 Å². The molecule has 0 bridgehead atoms. The van der Waals surface area contributed by atoms with Crippen LogP contribution in [0.5, 0.6) is 0 Å². The monoisotopic (exact) mass is 376 g/mol. The Bertz CT molecular complexity index is 939. The van der Waals surface area contributed by atoms with Gasteiger partial charge in [-0.1, -0.05) is 41.4 Å². The fourth-order valence-corrected chi connectivity index (χ4v) is 2.84. The van der Waals surface area contributed by atoms with E-state index in [4.69, 9.17) is 23.2 Å². The molecule has 0 saturated heterocycles. The summed E-state index contributed by atoms with van der Waals surface area (Å²) in [5.41, 5.74) is 1.44. The molecule has 0 radical (unpaired) electrons. The Morgan fingerprint density at radius 1 is 1.00 bits per heavy atom. The number of aromatic amines is 1. The first-order valence-electron chi connectivity index (χ1n) is 7.51. The third kappa shape index (κ3) is 3.92.